The van der Waals surface area contributed by atoms with Gasteiger partial charge in [-0.3, -0.25) is 9.89 Å². The molecule has 1 heterocycles. The van der Waals surface area contributed by atoms with Crippen molar-refractivity contribution in [2.75, 3.05) is 26.2 Å². The van der Waals surface area contributed by atoms with Crippen molar-refractivity contribution in [1.82, 2.24) is 20.4 Å². The highest BCUT2D eigenvalue weighted by atomic mass is 16.1. The number of hydrogen-bond acceptors (Lipinski definition) is 3. The number of nitrogens with zero attached hydrogens (tertiary/aromatic N) is 2. The van der Waals surface area contributed by atoms with Crippen molar-refractivity contribution in [1.29, 1.82) is 0 Å². The van der Waals surface area contributed by atoms with Crippen LogP contribution in [0.4, 0.5) is 0 Å². The number of carbonyl (C=O) groups is 1. The van der Waals surface area contributed by atoms with Crippen molar-refractivity contribution >= 4 is 5.91 Å². The molecule has 0 spiro atoms. The molecule has 0 aliphatic rings. The van der Waals surface area contributed by atoms with E-state index in [2.05, 4.69) is 34.3 Å². The summed E-state index contributed by atoms with van der Waals surface area (Å²) < 4.78 is 0. The Kier molecular flexibility index (Phi) is 5.72. The molecule has 0 fully saturated rings. The molecular formula is C17H24N4O. The maximum atomic E-state index is 12.1. The molecule has 2 N–H and O–H groups in total. The average molecular weight is 300 g/mol. The summed E-state index contributed by atoms with van der Waals surface area (Å²) >= 11 is 0. The molecule has 1 aromatic carbocycles. The van der Waals surface area contributed by atoms with Gasteiger partial charge >= 0.3 is 0 Å². The monoisotopic (exact) mass is 300 g/mol. The Morgan fingerprint density at radius 1 is 1.23 bits per heavy atom. The van der Waals surface area contributed by atoms with Gasteiger partial charge in [0.15, 0.2) is 0 Å². The molecule has 0 radical (unpaired) electrons. The van der Waals surface area contributed by atoms with Gasteiger partial charge in [0.05, 0.1) is 5.69 Å². The van der Waals surface area contributed by atoms with Gasteiger partial charge in [0.25, 0.3) is 5.91 Å². The SMILES string of the molecule is CCN(CC)CCNC(=O)c1cc(-c2ccc(C)cc2)n[nH]1. The molecule has 0 unspecified atom stereocenters. The first-order valence-electron chi connectivity index (χ1n) is 7.77. The number of carbonyl (C=O) groups excluding carboxylic acids is 1. The second-order valence-corrected chi connectivity index (χ2v) is 5.32. The van der Waals surface area contributed by atoms with Crippen molar-refractivity contribution in [3.8, 4) is 11.3 Å². The third-order valence-corrected chi connectivity index (χ3v) is 3.78. The fraction of sp³-hybridized carbons (Fsp3) is 0.412. The van der Waals surface area contributed by atoms with E-state index in [1.54, 1.807) is 6.07 Å². The lowest BCUT2D eigenvalue weighted by Gasteiger charge is -2.17. The Hall–Kier alpha value is -2.14. The van der Waals surface area contributed by atoms with E-state index in [0.29, 0.717) is 12.2 Å². The number of benzene rings is 1. The van der Waals surface area contributed by atoms with Gasteiger partial charge in [-0.05, 0) is 26.1 Å². The third-order valence-electron chi connectivity index (χ3n) is 3.78. The number of amides is 1. The van der Waals surface area contributed by atoms with Crippen LogP contribution in [0.15, 0.2) is 30.3 Å². The van der Waals surface area contributed by atoms with E-state index in [1.165, 1.54) is 5.56 Å². The van der Waals surface area contributed by atoms with Gasteiger partial charge in [-0.15, -0.1) is 0 Å². The van der Waals surface area contributed by atoms with Gasteiger partial charge in [-0.25, -0.2) is 0 Å². The summed E-state index contributed by atoms with van der Waals surface area (Å²) in [4.78, 5) is 14.4. The van der Waals surface area contributed by atoms with Crippen molar-refractivity contribution < 1.29 is 4.79 Å². The van der Waals surface area contributed by atoms with E-state index in [-0.39, 0.29) is 5.91 Å². The molecule has 1 aromatic heterocycles. The third kappa shape index (κ3) is 4.18. The summed E-state index contributed by atoms with van der Waals surface area (Å²) in [5.41, 5.74) is 3.49. The first-order valence-corrected chi connectivity index (χ1v) is 7.77. The van der Waals surface area contributed by atoms with Crippen LogP contribution in [0.3, 0.4) is 0 Å². The number of aromatic amines is 1. The minimum Gasteiger partial charge on any atom is -0.349 e. The number of hydrogen-bond donors (Lipinski definition) is 2. The number of aromatic nitrogens is 2. The number of likely N-dealkylation sites (N-methyl/N-ethyl adjacent to an activating group) is 1. The maximum absolute atomic E-state index is 12.1. The number of nitrogens with one attached hydrogen (secondary N) is 2. The molecular weight excluding hydrogens is 276 g/mol. The van der Waals surface area contributed by atoms with E-state index in [1.807, 2.05) is 31.2 Å². The van der Waals surface area contributed by atoms with Crippen LogP contribution in [0, 0.1) is 6.92 Å². The topological polar surface area (TPSA) is 61.0 Å². The van der Waals surface area contributed by atoms with Crippen molar-refractivity contribution in [3.63, 3.8) is 0 Å². The fourth-order valence-electron chi connectivity index (χ4n) is 2.27. The Morgan fingerprint density at radius 3 is 2.55 bits per heavy atom. The van der Waals surface area contributed by atoms with E-state index in [9.17, 15) is 4.79 Å². The van der Waals surface area contributed by atoms with Crippen molar-refractivity contribution in [2.45, 2.75) is 20.8 Å². The van der Waals surface area contributed by atoms with Crippen LogP contribution in [0.5, 0.6) is 0 Å². The fourth-order valence-corrected chi connectivity index (χ4v) is 2.27. The number of aryl methyl sites for hydroxylation is 1. The molecule has 2 aromatic rings. The molecule has 0 bridgehead atoms. The van der Waals surface area contributed by atoms with Gasteiger partial charge < -0.3 is 10.2 Å². The Labute approximate surface area is 131 Å². The zero-order chi connectivity index (χ0) is 15.9. The van der Waals surface area contributed by atoms with E-state index < -0.39 is 0 Å². The summed E-state index contributed by atoms with van der Waals surface area (Å²) in [6.45, 7) is 9.77. The van der Waals surface area contributed by atoms with Gasteiger partial charge in [0.1, 0.15) is 5.69 Å². The van der Waals surface area contributed by atoms with Crippen LogP contribution < -0.4 is 5.32 Å². The molecule has 22 heavy (non-hydrogen) atoms. The molecule has 0 aliphatic carbocycles. The lowest BCUT2D eigenvalue weighted by molar-refractivity contribution is 0.0944. The van der Waals surface area contributed by atoms with Crippen LogP contribution >= 0.6 is 0 Å². The number of H-pyrrole nitrogens is 1. The molecule has 5 heteroatoms. The van der Waals surface area contributed by atoms with E-state index in [4.69, 9.17) is 0 Å². The van der Waals surface area contributed by atoms with E-state index >= 15 is 0 Å². The first-order chi connectivity index (χ1) is 10.6. The smallest absolute Gasteiger partial charge is 0.269 e. The quantitative estimate of drug-likeness (QED) is 0.825. The highest BCUT2D eigenvalue weighted by molar-refractivity contribution is 5.93. The maximum Gasteiger partial charge on any atom is 0.269 e. The van der Waals surface area contributed by atoms with Crippen molar-refractivity contribution in [3.05, 3.63) is 41.6 Å². The summed E-state index contributed by atoms with van der Waals surface area (Å²) in [6, 6.07) is 9.88. The largest absolute Gasteiger partial charge is 0.349 e. The highest BCUT2D eigenvalue weighted by Crippen LogP contribution is 2.18. The molecule has 1 amide bonds. The molecule has 0 saturated heterocycles. The first kappa shape index (κ1) is 16.2. The van der Waals surface area contributed by atoms with Gasteiger partial charge in [-0.2, -0.15) is 5.10 Å². The van der Waals surface area contributed by atoms with Crippen LogP contribution in [0.1, 0.15) is 29.9 Å². The van der Waals surface area contributed by atoms with Crippen LogP contribution in [-0.4, -0.2) is 47.2 Å². The predicted octanol–water partition coefficient (Wildman–Crippen LogP) is 2.46. The summed E-state index contributed by atoms with van der Waals surface area (Å²) in [7, 11) is 0. The Morgan fingerprint density at radius 2 is 1.91 bits per heavy atom. The molecule has 5 nitrogen and oxygen atoms in total. The zero-order valence-corrected chi connectivity index (χ0v) is 13.5. The highest BCUT2D eigenvalue weighted by Gasteiger charge is 2.11. The standard InChI is InChI=1S/C17H24N4O/c1-4-21(5-2)11-10-18-17(22)16-12-15(19-20-16)14-8-6-13(3)7-9-14/h6-9,12H,4-5,10-11H2,1-3H3,(H,18,22)(H,19,20). The average Bonchev–Trinajstić information content (AvgIpc) is 3.02. The predicted molar refractivity (Wildman–Crippen MR) is 88.9 cm³/mol. The molecule has 0 atom stereocenters. The Balaban J connectivity index is 1.93. The minimum absolute atomic E-state index is 0.113. The van der Waals surface area contributed by atoms with Crippen LogP contribution in [0.25, 0.3) is 11.3 Å². The van der Waals surface area contributed by atoms with E-state index in [0.717, 1.165) is 30.9 Å². The van der Waals surface area contributed by atoms with Crippen LogP contribution in [-0.2, 0) is 0 Å². The molecule has 0 aliphatic heterocycles. The van der Waals surface area contributed by atoms with Crippen LogP contribution in [0.2, 0.25) is 0 Å². The molecule has 118 valence electrons. The van der Waals surface area contributed by atoms with Gasteiger partial charge in [0, 0.05) is 18.7 Å². The van der Waals surface area contributed by atoms with Gasteiger partial charge in [-0.1, -0.05) is 43.7 Å². The van der Waals surface area contributed by atoms with Crippen molar-refractivity contribution in [2.24, 2.45) is 0 Å². The number of rotatable bonds is 7. The van der Waals surface area contributed by atoms with Gasteiger partial charge in [0.2, 0.25) is 0 Å². The second kappa shape index (κ2) is 7.75. The summed E-state index contributed by atoms with van der Waals surface area (Å²) in [5.74, 6) is -0.113. The zero-order valence-electron chi connectivity index (χ0n) is 13.5. The normalized spacial score (nSPS) is 10.9. The molecule has 0 saturated carbocycles. The Bertz CT molecular complexity index is 599. The summed E-state index contributed by atoms with van der Waals surface area (Å²) in [6.07, 6.45) is 0. The minimum atomic E-state index is -0.113. The second-order valence-electron chi connectivity index (χ2n) is 5.32. The summed E-state index contributed by atoms with van der Waals surface area (Å²) in [5, 5.41) is 9.95. The molecule has 2 rings (SSSR count). The lowest BCUT2D eigenvalue weighted by atomic mass is 10.1. The lowest BCUT2D eigenvalue weighted by Crippen LogP contribution is -2.34.